The summed E-state index contributed by atoms with van der Waals surface area (Å²) < 4.78 is 4.92. The van der Waals surface area contributed by atoms with Gasteiger partial charge in [0.25, 0.3) is 0 Å². The molecule has 0 saturated heterocycles. The normalized spacial score (nSPS) is 13.5. The van der Waals surface area contributed by atoms with Gasteiger partial charge in [0.1, 0.15) is 11.5 Å². The highest BCUT2D eigenvalue weighted by atomic mass is 16.5. The lowest BCUT2D eigenvalue weighted by Gasteiger charge is -2.19. The fourth-order valence-electron chi connectivity index (χ4n) is 2.57. The molecule has 1 aromatic heterocycles. The fourth-order valence-corrected chi connectivity index (χ4v) is 2.57. The molecule has 1 amide bonds. The third-order valence-electron chi connectivity index (χ3n) is 3.76. The maximum Gasteiger partial charge on any atom is 0.227 e. The Morgan fingerprint density at radius 2 is 1.96 bits per heavy atom. The summed E-state index contributed by atoms with van der Waals surface area (Å²) in [5, 5.41) is 19.2. The lowest BCUT2D eigenvalue weighted by molar-refractivity contribution is -0.116. The summed E-state index contributed by atoms with van der Waals surface area (Å²) in [5.41, 5.74) is 1.19. The van der Waals surface area contributed by atoms with Gasteiger partial charge in [-0.05, 0) is 51.3 Å². The molecule has 0 bridgehead atoms. The first-order chi connectivity index (χ1) is 11.4. The van der Waals surface area contributed by atoms with Crippen LogP contribution in [0.1, 0.15) is 38.0 Å². The lowest BCUT2D eigenvalue weighted by Crippen LogP contribution is -2.37. The van der Waals surface area contributed by atoms with Crippen LogP contribution in [0.4, 0.5) is 5.82 Å². The molecule has 3 N–H and O–H groups in total. The zero-order valence-corrected chi connectivity index (χ0v) is 14.4. The van der Waals surface area contributed by atoms with Gasteiger partial charge in [0.15, 0.2) is 5.82 Å². The van der Waals surface area contributed by atoms with Gasteiger partial charge in [-0.25, -0.2) is 0 Å². The van der Waals surface area contributed by atoms with E-state index in [-0.39, 0.29) is 23.7 Å². The Morgan fingerprint density at radius 3 is 2.58 bits per heavy atom. The van der Waals surface area contributed by atoms with E-state index in [2.05, 4.69) is 22.7 Å². The van der Waals surface area contributed by atoms with Crippen LogP contribution in [-0.2, 0) is 11.2 Å². The molecule has 0 fully saturated rings. The molecule has 6 nitrogen and oxygen atoms in total. The summed E-state index contributed by atoms with van der Waals surface area (Å²) in [6, 6.07) is 9.30. The number of hydrogen-bond acceptors (Lipinski definition) is 5. The van der Waals surface area contributed by atoms with Crippen molar-refractivity contribution in [3.63, 3.8) is 0 Å². The topological polar surface area (TPSA) is 87.4 Å². The monoisotopic (exact) mass is 331 g/mol. The molecule has 6 heteroatoms. The number of aryl methyl sites for hydroxylation is 2. The van der Waals surface area contributed by atoms with Crippen LogP contribution in [0.3, 0.4) is 0 Å². The van der Waals surface area contributed by atoms with E-state index in [0.717, 1.165) is 12.8 Å². The molecular weight excluding hydrogens is 306 g/mol. The molecule has 0 spiro atoms. The second kappa shape index (κ2) is 8.49. The minimum atomic E-state index is -0.0889. The molecular formula is C18H25N3O3. The van der Waals surface area contributed by atoms with Crippen LogP contribution < -0.4 is 10.6 Å². The second-order valence-electron chi connectivity index (χ2n) is 6.25. The van der Waals surface area contributed by atoms with Crippen molar-refractivity contribution in [2.24, 2.45) is 0 Å². The minimum Gasteiger partial charge on any atom is -0.508 e. The standard InChI is InChI=1S/C18H25N3O3/c1-12(4-5-15-6-8-16(22)9-7-15)19-13(2)10-18(23)20-17-11-14(3)24-21-17/h6-9,11-13,19,22H,4-5,10H2,1-3H3,(H,20,21,23)/t12-,13+/m0/s1. The van der Waals surface area contributed by atoms with Crippen LogP contribution in [0.5, 0.6) is 5.75 Å². The predicted octanol–water partition coefficient (Wildman–Crippen LogP) is 3.02. The van der Waals surface area contributed by atoms with E-state index in [1.165, 1.54) is 5.56 Å². The van der Waals surface area contributed by atoms with Crippen molar-refractivity contribution < 1.29 is 14.4 Å². The number of nitrogens with zero attached hydrogens (tertiary/aromatic N) is 1. The number of aromatic hydroxyl groups is 1. The first kappa shape index (κ1) is 18.0. The number of nitrogens with one attached hydrogen (secondary N) is 2. The summed E-state index contributed by atoms with van der Waals surface area (Å²) in [6.07, 6.45) is 2.25. The summed E-state index contributed by atoms with van der Waals surface area (Å²) in [4.78, 5) is 12.0. The maximum absolute atomic E-state index is 12.0. The number of amides is 1. The van der Waals surface area contributed by atoms with Gasteiger partial charge >= 0.3 is 0 Å². The van der Waals surface area contributed by atoms with E-state index in [1.807, 2.05) is 19.1 Å². The average molecular weight is 331 g/mol. The Hall–Kier alpha value is -2.34. The Morgan fingerprint density at radius 1 is 1.25 bits per heavy atom. The van der Waals surface area contributed by atoms with Crippen LogP contribution in [0.2, 0.25) is 0 Å². The van der Waals surface area contributed by atoms with Gasteiger partial charge in [0.05, 0.1) is 0 Å². The molecule has 0 radical (unpaired) electrons. The highest BCUT2D eigenvalue weighted by Crippen LogP contribution is 2.12. The van der Waals surface area contributed by atoms with Gasteiger partial charge in [0.2, 0.25) is 5.91 Å². The highest BCUT2D eigenvalue weighted by molar-refractivity contribution is 5.90. The molecule has 2 atom stereocenters. The first-order valence-electron chi connectivity index (χ1n) is 8.19. The van der Waals surface area contributed by atoms with Crippen molar-refractivity contribution in [2.75, 3.05) is 5.32 Å². The second-order valence-corrected chi connectivity index (χ2v) is 6.25. The number of aromatic nitrogens is 1. The van der Waals surface area contributed by atoms with Crippen molar-refractivity contribution >= 4 is 11.7 Å². The molecule has 0 aliphatic carbocycles. The molecule has 2 rings (SSSR count). The number of carbonyl (C=O) groups is 1. The number of rotatable bonds is 8. The van der Waals surface area contributed by atoms with E-state index in [4.69, 9.17) is 4.52 Å². The third kappa shape index (κ3) is 6.04. The Bertz CT molecular complexity index is 652. The van der Waals surface area contributed by atoms with Gasteiger partial charge in [-0.15, -0.1) is 0 Å². The Kier molecular flexibility index (Phi) is 6.37. The van der Waals surface area contributed by atoms with Crippen LogP contribution >= 0.6 is 0 Å². The zero-order chi connectivity index (χ0) is 17.5. The zero-order valence-electron chi connectivity index (χ0n) is 14.4. The number of anilines is 1. The third-order valence-corrected chi connectivity index (χ3v) is 3.76. The van der Waals surface area contributed by atoms with Gasteiger partial charge in [-0.3, -0.25) is 4.79 Å². The molecule has 130 valence electrons. The number of carbonyl (C=O) groups excluding carboxylic acids is 1. The van der Waals surface area contributed by atoms with Gasteiger partial charge in [-0.2, -0.15) is 0 Å². The van der Waals surface area contributed by atoms with Crippen molar-refractivity contribution in [2.45, 2.75) is 52.1 Å². The summed E-state index contributed by atoms with van der Waals surface area (Å²) in [7, 11) is 0. The van der Waals surface area contributed by atoms with Gasteiger partial charge in [0, 0.05) is 24.6 Å². The van der Waals surface area contributed by atoms with Crippen molar-refractivity contribution in [3.05, 3.63) is 41.7 Å². The molecule has 1 heterocycles. The van der Waals surface area contributed by atoms with Gasteiger partial charge in [-0.1, -0.05) is 17.3 Å². The summed E-state index contributed by atoms with van der Waals surface area (Å²) in [5.74, 6) is 1.31. The molecule has 2 aromatic rings. The number of phenolic OH excluding ortho intramolecular Hbond substituents is 1. The quantitative estimate of drug-likeness (QED) is 0.692. The predicted molar refractivity (Wildman–Crippen MR) is 93.0 cm³/mol. The minimum absolute atomic E-state index is 0.0628. The molecule has 0 aliphatic heterocycles. The SMILES string of the molecule is Cc1cc(NC(=O)C[C@@H](C)N[C@@H](C)CCc2ccc(O)cc2)no1. The van der Waals surface area contributed by atoms with E-state index in [1.54, 1.807) is 25.1 Å². The number of phenols is 1. The number of hydrogen-bond donors (Lipinski definition) is 3. The van der Waals surface area contributed by atoms with E-state index >= 15 is 0 Å². The fraction of sp³-hybridized carbons (Fsp3) is 0.444. The van der Waals surface area contributed by atoms with Crippen molar-refractivity contribution in [3.8, 4) is 5.75 Å². The first-order valence-corrected chi connectivity index (χ1v) is 8.19. The molecule has 0 unspecified atom stereocenters. The smallest absolute Gasteiger partial charge is 0.227 e. The van der Waals surface area contributed by atoms with E-state index in [9.17, 15) is 9.90 Å². The Balaban J connectivity index is 1.69. The molecule has 1 aromatic carbocycles. The highest BCUT2D eigenvalue weighted by Gasteiger charge is 2.13. The summed E-state index contributed by atoms with van der Waals surface area (Å²) >= 11 is 0. The Labute approximate surface area is 142 Å². The van der Waals surface area contributed by atoms with Gasteiger partial charge < -0.3 is 20.3 Å². The maximum atomic E-state index is 12.0. The van der Waals surface area contributed by atoms with Crippen LogP contribution in [0.25, 0.3) is 0 Å². The largest absolute Gasteiger partial charge is 0.508 e. The lowest BCUT2D eigenvalue weighted by atomic mass is 10.0. The van der Waals surface area contributed by atoms with E-state index in [0.29, 0.717) is 18.0 Å². The average Bonchev–Trinajstić information content (AvgIpc) is 2.91. The van der Waals surface area contributed by atoms with Crippen LogP contribution in [-0.4, -0.2) is 28.3 Å². The van der Waals surface area contributed by atoms with Crippen molar-refractivity contribution in [1.82, 2.24) is 10.5 Å². The number of benzene rings is 1. The molecule has 0 saturated carbocycles. The van der Waals surface area contributed by atoms with Crippen LogP contribution in [0, 0.1) is 6.92 Å². The molecule has 24 heavy (non-hydrogen) atoms. The van der Waals surface area contributed by atoms with Crippen LogP contribution in [0.15, 0.2) is 34.9 Å². The summed E-state index contributed by atoms with van der Waals surface area (Å²) in [6.45, 7) is 5.88. The van der Waals surface area contributed by atoms with Crippen molar-refractivity contribution in [1.29, 1.82) is 0 Å². The molecule has 0 aliphatic rings. The van der Waals surface area contributed by atoms with E-state index < -0.39 is 0 Å².